The maximum atomic E-state index is 13.0. The monoisotopic (exact) mass is 322 g/mol. The van der Waals surface area contributed by atoms with E-state index in [2.05, 4.69) is 10.3 Å². The van der Waals surface area contributed by atoms with Gasteiger partial charge in [-0.1, -0.05) is 30.3 Å². The maximum Gasteiger partial charge on any atom is 0.235 e. The molecule has 1 heterocycles. The average molecular weight is 323 g/mol. The molecule has 0 aliphatic heterocycles. The van der Waals surface area contributed by atoms with E-state index < -0.39 is 24.7 Å². The van der Waals surface area contributed by atoms with Crippen LogP contribution in [0.25, 0.3) is 11.1 Å². The second kappa shape index (κ2) is 7.87. The van der Waals surface area contributed by atoms with Gasteiger partial charge in [-0.05, 0) is 22.8 Å². The standard InChI is InChI=1S/C16H16ClFN2O2/c17-8-15(21)20-14(9-18)16(22)12-5-3-11(4-6-12)13-2-1-7-19-10-13/h1-7,10,14,16,22H,8-9H2,(H,20,21). The first kappa shape index (κ1) is 16.4. The first-order chi connectivity index (χ1) is 10.7. The van der Waals surface area contributed by atoms with Gasteiger partial charge in [0, 0.05) is 12.4 Å². The van der Waals surface area contributed by atoms with Gasteiger partial charge in [0.2, 0.25) is 5.91 Å². The molecule has 1 aromatic heterocycles. The zero-order valence-electron chi connectivity index (χ0n) is 11.7. The third-order valence-electron chi connectivity index (χ3n) is 3.26. The Balaban J connectivity index is 2.13. The molecular weight excluding hydrogens is 307 g/mol. The summed E-state index contributed by atoms with van der Waals surface area (Å²) in [6, 6.07) is 9.76. The predicted octanol–water partition coefficient (Wildman–Crippen LogP) is 2.48. The van der Waals surface area contributed by atoms with Crippen molar-refractivity contribution < 1.29 is 14.3 Å². The molecule has 1 amide bonds. The molecule has 2 aromatic rings. The van der Waals surface area contributed by atoms with Crippen molar-refractivity contribution in [2.24, 2.45) is 0 Å². The number of carbonyl (C=O) groups excluding carboxylic acids is 1. The van der Waals surface area contributed by atoms with Crippen LogP contribution < -0.4 is 5.32 Å². The van der Waals surface area contributed by atoms with Crippen LogP contribution in [0.15, 0.2) is 48.8 Å². The van der Waals surface area contributed by atoms with Gasteiger partial charge in [-0.3, -0.25) is 9.78 Å². The lowest BCUT2D eigenvalue weighted by atomic mass is 9.99. The van der Waals surface area contributed by atoms with E-state index in [9.17, 15) is 14.3 Å². The second-order valence-electron chi connectivity index (χ2n) is 4.77. The van der Waals surface area contributed by atoms with E-state index in [0.29, 0.717) is 5.56 Å². The molecule has 0 aliphatic rings. The second-order valence-corrected chi connectivity index (χ2v) is 5.04. The van der Waals surface area contributed by atoms with Gasteiger partial charge in [-0.2, -0.15) is 0 Å². The number of benzene rings is 1. The van der Waals surface area contributed by atoms with Gasteiger partial charge >= 0.3 is 0 Å². The molecule has 0 fully saturated rings. The zero-order valence-corrected chi connectivity index (χ0v) is 12.5. The normalized spacial score (nSPS) is 13.4. The minimum absolute atomic E-state index is 0.275. The maximum absolute atomic E-state index is 13.0. The summed E-state index contributed by atoms with van der Waals surface area (Å²) in [5.74, 6) is -0.793. The summed E-state index contributed by atoms with van der Waals surface area (Å²) in [5.41, 5.74) is 2.40. The van der Waals surface area contributed by atoms with Crippen LogP contribution in [0.1, 0.15) is 11.7 Å². The molecule has 0 spiro atoms. The molecule has 0 saturated carbocycles. The third kappa shape index (κ3) is 4.02. The number of aliphatic hydroxyl groups excluding tert-OH is 1. The predicted molar refractivity (Wildman–Crippen MR) is 83.3 cm³/mol. The molecule has 0 saturated heterocycles. The molecular formula is C16H16ClFN2O2. The number of pyridine rings is 1. The number of aromatic nitrogens is 1. The van der Waals surface area contributed by atoms with Gasteiger partial charge in [0.25, 0.3) is 0 Å². The van der Waals surface area contributed by atoms with Crippen LogP contribution in [0.5, 0.6) is 0 Å². The highest BCUT2D eigenvalue weighted by molar-refractivity contribution is 6.27. The van der Waals surface area contributed by atoms with Crippen LogP contribution in [0, 0.1) is 0 Å². The van der Waals surface area contributed by atoms with Crippen LogP contribution >= 0.6 is 11.6 Å². The number of alkyl halides is 2. The molecule has 1 aromatic carbocycles. The van der Waals surface area contributed by atoms with Crippen LogP contribution in [-0.2, 0) is 4.79 Å². The summed E-state index contributed by atoms with van der Waals surface area (Å²) >= 11 is 5.37. The molecule has 6 heteroatoms. The fourth-order valence-corrected chi connectivity index (χ4v) is 2.16. The number of nitrogens with zero attached hydrogens (tertiary/aromatic N) is 1. The quantitative estimate of drug-likeness (QED) is 0.803. The van der Waals surface area contributed by atoms with Crippen molar-refractivity contribution in [3.05, 3.63) is 54.4 Å². The third-order valence-corrected chi connectivity index (χ3v) is 3.50. The van der Waals surface area contributed by atoms with Crippen molar-refractivity contribution in [3.8, 4) is 11.1 Å². The molecule has 4 nitrogen and oxygen atoms in total. The summed E-state index contributed by atoms with van der Waals surface area (Å²) in [5, 5.41) is 12.5. The van der Waals surface area contributed by atoms with E-state index in [1.54, 1.807) is 24.5 Å². The Bertz CT molecular complexity index is 607. The Labute approximate surface area is 133 Å². The number of rotatable bonds is 6. The van der Waals surface area contributed by atoms with E-state index in [1.165, 1.54) is 0 Å². The Kier molecular flexibility index (Phi) is 5.86. The van der Waals surface area contributed by atoms with Crippen molar-refractivity contribution in [1.82, 2.24) is 10.3 Å². The summed E-state index contributed by atoms with van der Waals surface area (Å²) in [4.78, 5) is 15.3. The highest BCUT2D eigenvalue weighted by atomic mass is 35.5. The number of hydrogen-bond acceptors (Lipinski definition) is 3. The smallest absolute Gasteiger partial charge is 0.235 e. The number of hydrogen-bond donors (Lipinski definition) is 2. The van der Waals surface area contributed by atoms with Gasteiger partial charge in [0.1, 0.15) is 18.7 Å². The van der Waals surface area contributed by atoms with Gasteiger partial charge in [-0.25, -0.2) is 4.39 Å². The fourth-order valence-electron chi connectivity index (χ4n) is 2.09. The highest BCUT2D eigenvalue weighted by Gasteiger charge is 2.22. The lowest BCUT2D eigenvalue weighted by molar-refractivity contribution is -0.120. The lowest BCUT2D eigenvalue weighted by Gasteiger charge is -2.21. The van der Waals surface area contributed by atoms with Crippen molar-refractivity contribution in [3.63, 3.8) is 0 Å². The van der Waals surface area contributed by atoms with Gasteiger partial charge in [0.05, 0.1) is 6.04 Å². The molecule has 0 bridgehead atoms. The summed E-state index contributed by atoms with van der Waals surface area (Å²) in [6.45, 7) is -0.881. The first-order valence-electron chi connectivity index (χ1n) is 6.75. The Hall–Kier alpha value is -1.98. The van der Waals surface area contributed by atoms with Gasteiger partial charge in [-0.15, -0.1) is 11.6 Å². The molecule has 22 heavy (non-hydrogen) atoms. The molecule has 0 radical (unpaired) electrons. The number of aliphatic hydroxyl groups is 1. The fraction of sp³-hybridized carbons (Fsp3) is 0.250. The summed E-state index contributed by atoms with van der Waals surface area (Å²) in [6.07, 6.45) is 2.28. The largest absolute Gasteiger partial charge is 0.386 e. The van der Waals surface area contributed by atoms with E-state index in [1.807, 2.05) is 24.3 Å². The number of halogens is 2. The zero-order chi connectivity index (χ0) is 15.9. The van der Waals surface area contributed by atoms with Crippen LogP contribution in [0.2, 0.25) is 0 Å². The van der Waals surface area contributed by atoms with E-state index in [0.717, 1.165) is 11.1 Å². The lowest BCUT2D eigenvalue weighted by Crippen LogP contribution is -2.41. The van der Waals surface area contributed by atoms with Crippen LogP contribution in [0.3, 0.4) is 0 Å². The van der Waals surface area contributed by atoms with Crippen LogP contribution in [-0.4, -0.2) is 34.6 Å². The van der Waals surface area contributed by atoms with Crippen molar-refractivity contribution >= 4 is 17.5 Å². The van der Waals surface area contributed by atoms with Crippen molar-refractivity contribution in [2.45, 2.75) is 12.1 Å². The Morgan fingerprint density at radius 1 is 1.27 bits per heavy atom. The summed E-state index contributed by atoms with van der Waals surface area (Å²) < 4.78 is 13.0. The van der Waals surface area contributed by atoms with Gasteiger partial charge in [0.15, 0.2) is 0 Å². The minimum Gasteiger partial charge on any atom is -0.386 e. The minimum atomic E-state index is -1.14. The van der Waals surface area contributed by atoms with Crippen LogP contribution in [0.4, 0.5) is 4.39 Å². The molecule has 0 aliphatic carbocycles. The molecule has 2 unspecified atom stereocenters. The Morgan fingerprint density at radius 2 is 2.00 bits per heavy atom. The van der Waals surface area contributed by atoms with Crippen molar-refractivity contribution in [2.75, 3.05) is 12.6 Å². The average Bonchev–Trinajstić information content (AvgIpc) is 2.59. The summed E-state index contributed by atoms with van der Waals surface area (Å²) in [7, 11) is 0. The number of carbonyl (C=O) groups is 1. The van der Waals surface area contributed by atoms with E-state index >= 15 is 0 Å². The molecule has 2 atom stereocenters. The molecule has 116 valence electrons. The van der Waals surface area contributed by atoms with E-state index in [4.69, 9.17) is 11.6 Å². The number of nitrogens with one attached hydrogen (secondary N) is 1. The molecule has 2 N–H and O–H groups in total. The highest BCUT2D eigenvalue weighted by Crippen LogP contribution is 2.23. The topological polar surface area (TPSA) is 62.2 Å². The van der Waals surface area contributed by atoms with E-state index in [-0.39, 0.29) is 5.88 Å². The molecule has 2 rings (SSSR count). The van der Waals surface area contributed by atoms with Crippen molar-refractivity contribution in [1.29, 1.82) is 0 Å². The SMILES string of the molecule is O=C(CCl)NC(CF)C(O)c1ccc(-c2cccnc2)cc1. The number of amides is 1. The van der Waals surface area contributed by atoms with Gasteiger partial charge < -0.3 is 10.4 Å². The first-order valence-corrected chi connectivity index (χ1v) is 7.29. The Morgan fingerprint density at radius 3 is 2.55 bits per heavy atom.